The van der Waals surface area contributed by atoms with E-state index in [-0.39, 0.29) is 12.3 Å². The van der Waals surface area contributed by atoms with Crippen LogP contribution in [0.3, 0.4) is 0 Å². The van der Waals surface area contributed by atoms with Gasteiger partial charge in [0.25, 0.3) is 0 Å². The summed E-state index contributed by atoms with van der Waals surface area (Å²) in [7, 11) is 4.61. The molecule has 0 saturated carbocycles. The molecular formula is H4ClN4O4Pt-4. The summed E-state index contributed by atoms with van der Waals surface area (Å²) in [5, 5.41) is 18.0. The zero-order valence-corrected chi connectivity index (χ0v) is 7.40. The first-order valence-electron chi connectivity index (χ1n) is 0.850. The Morgan fingerprint density at radius 2 is 1.00 bits per heavy atom. The van der Waals surface area contributed by atoms with Crippen LogP contribution in [-0.2, 0) is 18.8 Å². The predicted octanol–water partition coefficient (Wildman–Crippen LogP) is 2.62. The van der Waals surface area contributed by atoms with Gasteiger partial charge in [0.2, 0.25) is 0 Å². The molecule has 0 saturated heterocycles. The van der Waals surface area contributed by atoms with Crippen molar-refractivity contribution in [3.05, 3.63) is 32.5 Å². The molecule has 10 heavy (non-hydrogen) atoms. The molecular weight excluding hydrogens is 351 g/mol. The van der Waals surface area contributed by atoms with Crippen LogP contribution in [0, 0.1) is 20.2 Å². The van der Waals surface area contributed by atoms with Crippen LogP contribution in [0.1, 0.15) is 0 Å². The van der Waals surface area contributed by atoms with Crippen molar-refractivity contribution in [1.29, 1.82) is 0 Å². The Hall–Kier alpha value is -0.302. The number of nitrogens with two attached hydrogens (primary N) is 2. The number of nitrogens with zero attached hydrogens (tertiary/aromatic N) is 2. The van der Waals surface area contributed by atoms with Gasteiger partial charge in [0.1, 0.15) is 0 Å². The minimum absolute atomic E-state index is 0. The first-order chi connectivity index (χ1) is 3.83. The fraction of sp³-hybridized carbons (Fsp3) is 0. The molecule has 0 bridgehead atoms. The van der Waals surface area contributed by atoms with Crippen molar-refractivity contribution in [2.75, 3.05) is 0 Å². The second-order valence-corrected chi connectivity index (χ2v) is 0.149. The zero-order chi connectivity index (χ0) is 7.41. The van der Waals surface area contributed by atoms with Gasteiger partial charge in [-0.15, -0.1) is 10.7 Å². The van der Waals surface area contributed by atoms with E-state index in [1.807, 2.05) is 0 Å². The van der Waals surface area contributed by atoms with Crippen LogP contribution in [0.15, 0.2) is 10.7 Å². The SMILES string of the molecule is O=N[O-].O=N[O-].[Cl][Pt].[NH2-].[NH2-]. The minimum Gasteiger partial charge on any atom is -0.693 e. The Kier molecular flexibility index (Phi) is 594. The largest absolute Gasteiger partial charge is 0.693 e. The van der Waals surface area contributed by atoms with E-state index in [0.717, 1.165) is 10.7 Å². The van der Waals surface area contributed by atoms with E-state index in [4.69, 9.17) is 20.2 Å². The number of hydrogen-bond acceptors (Lipinski definition) is 6. The van der Waals surface area contributed by atoms with Crippen molar-refractivity contribution < 1.29 is 18.8 Å². The summed E-state index contributed by atoms with van der Waals surface area (Å²) in [6.07, 6.45) is 0. The number of hydrogen-bond donors (Lipinski definition) is 0. The van der Waals surface area contributed by atoms with Crippen molar-refractivity contribution in [2.24, 2.45) is 10.7 Å². The molecule has 8 nitrogen and oxygen atoms in total. The van der Waals surface area contributed by atoms with Gasteiger partial charge in [-0.3, -0.25) is 0 Å². The molecule has 0 atom stereocenters. The zero-order valence-electron chi connectivity index (χ0n) is 4.38. The van der Waals surface area contributed by atoms with E-state index in [0.29, 0.717) is 0 Å². The standard InChI is InChI=1S/ClH.2HNO2.2H2N.Pt/c;2*2-1-3;;;/h1H;2*(H,2,3);2*1H2;/q;;;2*-1;+1/p-3. The summed E-state index contributed by atoms with van der Waals surface area (Å²) in [6, 6.07) is 0. The summed E-state index contributed by atoms with van der Waals surface area (Å²) in [5.41, 5.74) is 0. The van der Waals surface area contributed by atoms with Gasteiger partial charge in [-0.1, -0.05) is 0 Å². The maximum Gasteiger partial charge on any atom is -0.693 e. The van der Waals surface area contributed by atoms with E-state index in [1.165, 1.54) is 0 Å². The molecule has 0 aliphatic carbocycles. The Morgan fingerprint density at radius 1 is 1.00 bits per heavy atom. The number of rotatable bonds is 0. The van der Waals surface area contributed by atoms with Crippen LogP contribution in [0.25, 0.3) is 12.3 Å². The molecule has 69 valence electrons. The Balaban J connectivity index is -0.0000000116. The maximum atomic E-state index is 8.00. The first kappa shape index (κ1) is 33.2. The summed E-state index contributed by atoms with van der Waals surface area (Å²) in [4.78, 5) is 16.0. The van der Waals surface area contributed by atoms with Crippen molar-refractivity contribution in [3.8, 4) is 0 Å². The van der Waals surface area contributed by atoms with Crippen LogP contribution in [-0.4, -0.2) is 0 Å². The van der Waals surface area contributed by atoms with Crippen molar-refractivity contribution in [3.63, 3.8) is 0 Å². The third kappa shape index (κ3) is 3790. The Labute approximate surface area is 71.8 Å². The van der Waals surface area contributed by atoms with Gasteiger partial charge in [-0.25, -0.2) is 0 Å². The van der Waals surface area contributed by atoms with Crippen molar-refractivity contribution >= 4 is 9.42 Å². The van der Waals surface area contributed by atoms with E-state index >= 15 is 0 Å². The summed E-state index contributed by atoms with van der Waals surface area (Å²) in [6.45, 7) is 0. The minimum atomic E-state index is 0. The normalized spacial score (nSPS) is 3.10. The van der Waals surface area contributed by atoms with Crippen LogP contribution in [0.2, 0.25) is 0 Å². The molecule has 0 amide bonds. The average molecular weight is 355 g/mol. The van der Waals surface area contributed by atoms with Crippen LogP contribution in [0.5, 0.6) is 0 Å². The third-order valence-electron chi connectivity index (χ3n) is 0. The second-order valence-electron chi connectivity index (χ2n) is 0.149. The van der Waals surface area contributed by atoms with Gasteiger partial charge in [0.15, 0.2) is 0 Å². The van der Waals surface area contributed by atoms with Crippen LogP contribution < -0.4 is 0 Å². The second kappa shape index (κ2) is 179. The van der Waals surface area contributed by atoms with Crippen LogP contribution in [0.4, 0.5) is 0 Å². The molecule has 4 N–H and O–H groups in total. The maximum absolute atomic E-state index is 8.00. The van der Waals surface area contributed by atoms with E-state index in [1.54, 1.807) is 18.8 Å². The molecule has 0 aliphatic rings. The molecule has 0 aromatic rings. The molecule has 0 rings (SSSR count). The van der Waals surface area contributed by atoms with Gasteiger partial charge < -0.3 is 32.5 Å². The molecule has 0 radical (unpaired) electrons. The van der Waals surface area contributed by atoms with E-state index in [9.17, 15) is 0 Å². The fourth-order valence-corrected chi connectivity index (χ4v) is 0. The molecule has 0 aromatic carbocycles. The summed E-state index contributed by atoms with van der Waals surface area (Å²) >= 11 is 1.61. The predicted molar refractivity (Wildman–Crippen MR) is 34.7 cm³/mol. The smallest absolute Gasteiger partial charge is 0.693 e. The third-order valence-corrected chi connectivity index (χ3v) is 0. The number of halogens is 1. The summed E-state index contributed by atoms with van der Waals surface area (Å²) < 4.78 is 0. The van der Waals surface area contributed by atoms with E-state index in [2.05, 4.69) is 9.42 Å². The van der Waals surface area contributed by atoms with Crippen molar-refractivity contribution in [2.45, 2.75) is 0 Å². The fourth-order valence-electron chi connectivity index (χ4n) is 0. The van der Waals surface area contributed by atoms with Gasteiger partial charge in [0.05, 0.1) is 0 Å². The van der Waals surface area contributed by atoms with Crippen LogP contribution >= 0.6 is 9.42 Å². The Bertz CT molecular complexity index is 38.2. The molecule has 10 heteroatoms. The van der Waals surface area contributed by atoms with Crippen molar-refractivity contribution in [1.82, 2.24) is 0 Å². The van der Waals surface area contributed by atoms with Gasteiger partial charge >= 0.3 is 28.2 Å². The first-order valence-corrected chi connectivity index (χ1v) is 3.67. The Morgan fingerprint density at radius 3 is 1.00 bits per heavy atom. The topological polar surface area (TPSA) is 172 Å². The molecule has 0 aliphatic heterocycles. The summed E-state index contributed by atoms with van der Waals surface area (Å²) in [5.74, 6) is 0. The molecule has 0 spiro atoms. The quantitative estimate of drug-likeness (QED) is 0.480. The van der Waals surface area contributed by atoms with Gasteiger partial charge in [0, 0.05) is 0 Å². The average Bonchev–Trinajstić information content (AvgIpc) is 1.75. The molecule has 0 heterocycles. The van der Waals surface area contributed by atoms with E-state index < -0.39 is 0 Å². The van der Waals surface area contributed by atoms with Gasteiger partial charge in [-0.05, 0) is 0 Å². The monoisotopic (exact) mass is 354 g/mol. The molecule has 0 aromatic heterocycles. The molecule has 0 fully saturated rings. The van der Waals surface area contributed by atoms with Gasteiger partial charge in [-0.2, -0.15) is 0 Å². The molecule has 0 unspecified atom stereocenters.